The van der Waals surface area contributed by atoms with Gasteiger partial charge in [0, 0.05) is 32.7 Å². The molecule has 0 aliphatic carbocycles. The van der Waals surface area contributed by atoms with E-state index in [1.54, 1.807) is 23.6 Å². The lowest BCUT2D eigenvalue weighted by atomic mass is 10.2. The van der Waals surface area contributed by atoms with E-state index >= 15 is 0 Å². The van der Waals surface area contributed by atoms with Crippen LogP contribution in [0.4, 0.5) is 0 Å². The van der Waals surface area contributed by atoms with Crippen molar-refractivity contribution in [2.24, 2.45) is 0 Å². The van der Waals surface area contributed by atoms with E-state index in [0.29, 0.717) is 25.4 Å². The number of hydrogen-bond donors (Lipinski definition) is 1. The molecule has 0 unspecified atom stereocenters. The number of aromatic nitrogens is 3. The Morgan fingerprint density at radius 2 is 2.38 bits per heavy atom. The Morgan fingerprint density at radius 3 is 3.05 bits per heavy atom. The van der Waals surface area contributed by atoms with Crippen LogP contribution in [0.3, 0.4) is 0 Å². The molecule has 1 N–H and O–H groups in total. The molecule has 21 heavy (non-hydrogen) atoms. The van der Waals surface area contributed by atoms with E-state index in [2.05, 4.69) is 15.6 Å². The van der Waals surface area contributed by atoms with Crippen LogP contribution in [0.25, 0.3) is 0 Å². The fourth-order valence-corrected chi connectivity index (χ4v) is 1.74. The van der Waals surface area contributed by atoms with Gasteiger partial charge in [-0.2, -0.15) is 0 Å². The van der Waals surface area contributed by atoms with Gasteiger partial charge in [0.2, 0.25) is 6.41 Å². The molecule has 0 saturated carbocycles. The lowest BCUT2D eigenvalue weighted by Crippen LogP contribution is -2.34. The van der Waals surface area contributed by atoms with Crippen LogP contribution in [-0.4, -0.2) is 65.1 Å². The first-order valence-corrected chi connectivity index (χ1v) is 7.03. The smallest absolute Gasteiger partial charge is 0.358 e. The van der Waals surface area contributed by atoms with Gasteiger partial charge in [0.25, 0.3) is 0 Å². The standard InChI is InChI=1S/C13H23N5O3/c1-4-21-13(20)12-9-15-16-18(12)7-5-11(2)14-6-8-17(3)10-19/h9-11,14H,4-8H2,1-3H3/t11-/m0/s1. The summed E-state index contributed by atoms with van der Waals surface area (Å²) >= 11 is 0. The van der Waals surface area contributed by atoms with Crippen molar-refractivity contribution >= 4 is 12.4 Å². The van der Waals surface area contributed by atoms with Crippen molar-refractivity contribution in [1.29, 1.82) is 0 Å². The summed E-state index contributed by atoms with van der Waals surface area (Å²) in [6, 6.07) is 0.240. The van der Waals surface area contributed by atoms with Crippen LogP contribution in [0.5, 0.6) is 0 Å². The molecule has 0 aliphatic heterocycles. The number of ether oxygens (including phenoxy) is 1. The van der Waals surface area contributed by atoms with Crippen molar-refractivity contribution in [2.75, 3.05) is 26.7 Å². The predicted molar refractivity (Wildman–Crippen MR) is 76.8 cm³/mol. The van der Waals surface area contributed by atoms with E-state index < -0.39 is 5.97 Å². The fraction of sp³-hybridized carbons (Fsp3) is 0.692. The van der Waals surface area contributed by atoms with Gasteiger partial charge in [0.15, 0.2) is 5.69 Å². The highest BCUT2D eigenvalue weighted by molar-refractivity contribution is 5.87. The molecular formula is C13H23N5O3. The highest BCUT2D eigenvalue weighted by Crippen LogP contribution is 2.02. The van der Waals surface area contributed by atoms with Crippen molar-refractivity contribution < 1.29 is 14.3 Å². The lowest BCUT2D eigenvalue weighted by Gasteiger charge is -2.16. The zero-order valence-corrected chi connectivity index (χ0v) is 12.8. The van der Waals surface area contributed by atoms with Crippen molar-refractivity contribution in [2.45, 2.75) is 32.9 Å². The topological polar surface area (TPSA) is 89.3 Å². The van der Waals surface area contributed by atoms with E-state index in [0.717, 1.165) is 19.4 Å². The molecule has 0 fully saturated rings. The maximum Gasteiger partial charge on any atom is 0.358 e. The number of nitrogens with one attached hydrogen (secondary N) is 1. The summed E-state index contributed by atoms with van der Waals surface area (Å²) < 4.78 is 6.49. The maximum atomic E-state index is 11.7. The largest absolute Gasteiger partial charge is 0.461 e. The highest BCUT2D eigenvalue weighted by atomic mass is 16.5. The third-order valence-corrected chi connectivity index (χ3v) is 3.01. The number of aryl methyl sites for hydroxylation is 1. The van der Waals surface area contributed by atoms with Gasteiger partial charge in [0.05, 0.1) is 12.8 Å². The monoisotopic (exact) mass is 297 g/mol. The molecule has 1 heterocycles. The van der Waals surface area contributed by atoms with Gasteiger partial charge in [-0.15, -0.1) is 5.10 Å². The molecule has 0 radical (unpaired) electrons. The van der Waals surface area contributed by atoms with Crippen LogP contribution in [0.1, 0.15) is 30.8 Å². The zero-order valence-electron chi connectivity index (χ0n) is 12.8. The number of rotatable bonds is 10. The van der Waals surface area contributed by atoms with Gasteiger partial charge < -0.3 is 15.0 Å². The number of carbonyl (C=O) groups excluding carboxylic acids is 2. The van der Waals surface area contributed by atoms with E-state index in [1.807, 2.05) is 6.92 Å². The van der Waals surface area contributed by atoms with E-state index in [-0.39, 0.29) is 6.04 Å². The Kier molecular flexibility index (Phi) is 7.38. The molecule has 0 aliphatic rings. The average Bonchev–Trinajstić information content (AvgIpc) is 2.93. The number of esters is 1. The maximum absolute atomic E-state index is 11.7. The number of likely N-dealkylation sites (N-methyl/N-ethyl adjacent to an activating group) is 1. The number of nitrogens with zero attached hydrogens (tertiary/aromatic N) is 4. The number of hydrogen-bond acceptors (Lipinski definition) is 6. The molecule has 1 aromatic heterocycles. The van der Waals surface area contributed by atoms with Crippen LogP contribution in [0.15, 0.2) is 6.20 Å². The first-order valence-electron chi connectivity index (χ1n) is 7.03. The summed E-state index contributed by atoms with van der Waals surface area (Å²) in [4.78, 5) is 23.7. The average molecular weight is 297 g/mol. The van der Waals surface area contributed by atoms with Crippen molar-refractivity contribution in [1.82, 2.24) is 25.2 Å². The second-order valence-electron chi connectivity index (χ2n) is 4.79. The fourth-order valence-electron chi connectivity index (χ4n) is 1.74. The normalized spacial score (nSPS) is 12.0. The molecule has 1 amide bonds. The molecule has 0 aromatic carbocycles. The lowest BCUT2D eigenvalue weighted by molar-refractivity contribution is -0.116. The van der Waals surface area contributed by atoms with E-state index in [1.165, 1.54) is 6.20 Å². The Bertz CT molecular complexity index is 449. The summed E-state index contributed by atoms with van der Waals surface area (Å²) in [6.07, 6.45) is 3.00. The van der Waals surface area contributed by atoms with Crippen molar-refractivity contribution in [3.05, 3.63) is 11.9 Å². The SMILES string of the molecule is CCOC(=O)c1cnnn1CC[C@H](C)NCCN(C)C=O. The van der Waals surface area contributed by atoms with Crippen LogP contribution < -0.4 is 5.32 Å². The minimum Gasteiger partial charge on any atom is -0.461 e. The third kappa shape index (κ3) is 5.90. The van der Waals surface area contributed by atoms with Crippen LogP contribution >= 0.6 is 0 Å². The van der Waals surface area contributed by atoms with Gasteiger partial charge >= 0.3 is 5.97 Å². The minimum absolute atomic E-state index is 0.240. The highest BCUT2D eigenvalue weighted by Gasteiger charge is 2.14. The Balaban J connectivity index is 2.36. The molecule has 118 valence electrons. The molecule has 0 spiro atoms. The molecular weight excluding hydrogens is 274 g/mol. The van der Waals surface area contributed by atoms with Gasteiger partial charge in [-0.05, 0) is 20.3 Å². The first-order chi connectivity index (χ1) is 10.1. The Labute approximate surface area is 124 Å². The van der Waals surface area contributed by atoms with Gasteiger partial charge in [0.1, 0.15) is 0 Å². The van der Waals surface area contributed by atoms with Crippen molar-refractivity contribution in [3.8, 4) is 0 Å². The van der Waals surface area contributed by atoms with Crippen LogP contribution in [-0.2, 0) is 16.1 Å². The van der Waals surface area contributed by atoms with Crippen LogP contribution in [0, 0.1) is 0 Å². The number of amides is 1. The third-order valence-electron chi connectivity index (χ3n) is 3.01. The summed E-state index contributed by atoms with van der Waals surface area (Å²) in [5.74, 6) is -0.407. The Hall–Kier alpha value is -1.96. The summed E-state index contributed by atoms with van der Waals surface area (Å²) in [5, 5.41) is 10.9. The number of carbonyl (C=O) groups is 2. The second kappa shape index (κ2) is 9.06. The summed E-state index contributed by atoms with van der Waals surface area (Å²) in [7, 11) is 1.74. The molecule has 1 rings (SSSR count). The molecule has 0 saturated heterocycles. The second-order valence-corrected chi connectivity index (χ2v) is 4.79. The van der Waals surface area contributed by atoms with Gasteiger partial charge in [-0.3, -0.25) is 4.79 Å². The van der Waals surface area contributed by atoms with Gasteiger partial charge in [-0.25, -0.2) is 9.48 Å². The van der Waals surface area contributed by atoms with E-state index in [4.69, 9.17) is 4.74 Å². The van der Waals surface area contributed by atoms with E-state index in [9.17, 15) is 9.59 Å². The minimum atomic E-state index is -0.407. The molecule has 8 nitrogen and oxygen atoms in total. The summed E-state index contributed by atoms with van der Waals surface area (Å²) in [6.45, 7) is 6.08. The van der Waals surface area contributed by atoms with Crippen molar-refractivity contribution in [3.63, 3.8) is 0 Å². The molecule has 1 aromatic rings. The Morgan fingerprint density at radius 1 is 1.62 bits per heavy atom. The molecule has 8 heteroatoms. The quantitative estimate of drug-likeness (QED) is 0.479. The molecule has 1 atom stereocenters. The molecule has 0 bridgehead atoms. The van der Waals surface area contributed by atoms with Gasteiger partial charge in [-0.1, -0.05) is 5.21 Å². The first kappa shape index (κ1) is 17.1. The zero-order chi connectivity index (χ0) is 15.7. The summed E-state index contributed by atoms with van der Waals surface area (Å²) in [5.41, 5.74) is 0.365. The predicted octanol–water partition coefficient (Wildman–Crippen LogP) is -0.0888. The van der Waals surface area contributed by atoms with Crippen LogP contribution in [0.2, 0.25) is 0 Å².